The molecule has 90 valence electrons. The Morgan fingerprint density at radius 2 is 1.60 bits per heavy atom. The Morgan fingerprint density at radius 3 is 2.00 bits per heavy atom. The Labute approximate surface area is 95.3 Å². The molecule has 5 nitrogen and oxygen atoms in total. The molecule has 6 heteroatoms. The Balaban J connectivity index is 2.18. The van der Waals surface area contributed by atoms with Crippen LogP contribution < -0.4 is 4.72 Å². The Morgan fingerprint density at radius 1 is 1.13 bits per heavy atom. The van der Waals surface area contributed by atoms with Crippen LogP contribution in [0, 0.1) is 0 Å². The van der Waals surface area contributed by atoms with E-state index < -0.39 is 12.7 Å². The van der Waals surface area contributed by atoms with E-state index in [0.717, 1.165) is 25.7 Å². The smallest absolute Gasteiger partial charge is 0.222 e. The van der Waals surface area contributed by atoms with Crippen molar-refractivity contribution in [1.82, 2.24) is 4.72 Å². The standard InChI is InChI=1S/C9H19NO4S/c1-6(11)13-7-2-4-8(5-3-7)14-9(12)10-15/h6-12,15H,2-5H2,1H3. The molecule has 1 aliphatic carbocycles. The summed E-state index contributed by atoms with van der Waals surface area (Å²) in [6.07, 6.45) is 1.74. The van der Waals surface area contributed by atoms with Gasteiger partial charge in [0.1, 0.15) is 0 Å². The van der Waals surface area contributed by atoms with Gasteiger partial charge in [0, 0.05) is 0 Å². The number of hydrogen-bond donors (Lipinski definition) is 4. The third-order valence-corrected chi connectivity index (χ3v) is 2.66. The van der Waals surface area contributed by atoms with Crippen molar-refractivity contribution < 1.29 is 19.7 Å². The van der Waals surface area contributed by atoms with Crippen LogP contribution in [-0.4, -0.2) is 35.1 Å². The summed E-state index contributed by atoms with van der Waals surface area (Å²) in [5.74, 6) is 0. The molecule has 0 aromatic heterocycles. The van der Waals surface area contributed by atoms with Crippen LogP contribution in [-0.2, 0) is 9.47 Å². The third kappa shape index (κ3) is 5.14. The minimum absolute atomic E-state index is 0.0356. The van der Waals surface area contributed by atoms with E-state index in [1.54, 1.807) is 6.92 Å². The maximum absolute atomic E-state index is 9.14. The fourth-order valence-corrected chi connectivity index (χ4v) is 1.86. The number of rotatable bonds is 5. The molecule has 1 fully saturated rings. The molecule has 15 heavy (non-hydrogen) atoms. The number of nitrogens with one attached hydrogen (secondary N) is 1. The van der Waals surface area contributed by atoms with E-state index in [1.807, 2.05) is 0 Å². The van der Waals surface area contributed by atoms with E-state index in [1.165, 1.54) is 0 Å². The predicted octanol–water partition coefficient (Wildman–Crippen LogP) is 0.379. The lowest BCUT2D eigenvalue weighted by molar-refractivity contribution is -0.172. The first-order valence-electron chi connectivity index (χ1n) is 5.18. The van der Waals surface area contributed by atoms with Crippen molar-refractivity contribution in [2.75, 3.05) is 0 Å². The number of hydrogen-bond acceptors (Lipinski definition) is 6. The van der Waals surface area contributed by atoms with Gasteiger partial charge in [-0.3, -0.25) is 0 Å². The van der Waals surface area contributed by atoms with Gasteiger partial charge in [-0.15, -0.1) is 0 Å². The Hall–Kier alpha value is 0.150. The minimum atomic E-state index is -1.02. The van der Waals surface area contributed by atoms with E-state index in [0.29, 0.717) is 0 Å². The second-order valence-electron chi connectivity index (χ2n) is 3.75. The van der Waals surface area contributed by atoms with Crippen LogP contribution in [0.4, 0.5) is 0 Å². The summed E-state index contributed by atoms with van der Waals surface area (Å²) in [6.45, 7) is 1.61. The van der Waals surface area contributed by atoms with Gasteiger partial charge in [-0.05, 0) is 32.6 Å². The molecule has 0 aliphatic heterocycles. The van der Waals surface area contributed by atoms with Crippen molar-refractivity contribution >= 4 is 12.8 Å². The van der Waals surface area contributed by atoms with Gasteiger partial charge in [0.15, 0.2) is 6.29 Å². The molecule has 0 bridgehead atoms. The molecule has 0 radical (unpaired) electrons. The molecule has 0 heterocycles. The van der Waals surface area contributed by atoms with Gasteiger partial charge < -0.3 is 19.7 Å². The van der Waals surface area contributed by atoms with Gasteiger partial charge in [-0.1, -0.05) is 12.8 Å². The third-order valence-electron chi connectivity index (χ3n) is 2.44. The van der Waals surface area contributed by atoms with Gasteiger partial charge >= 0.3 is 0 Å². The Bertz CT molecular complexity index is 173. The van der Waals surface area contributed by atoms with Gasteiger partial charge in [-0.2, -0.15) is 0 Å². The second-order valence-corrected chi connectivity index (χ2v) is 4.01. The quantitative estimate of drug-likeness (QED) is 0.411. The largest absolute Gasteiger partial charge is 0.368 e. The second kappa shape index (κ2) is 6.67. The van der Waals surface area contributed by atoms with Crippen molar-refractivity contribution in [3.05, 3.63) is 0 Å². The van der Waals surface area contributed by atoms with Gasteiger partial charge in [0.05, 0.1) is 12.2 Å². The van der Waals surface area contributed by atoms with Crippen LogP contribution in [0.15, 0.2) is 0 Å². The highest BCUT2D eigenvalue weighted by Crippen LogP contribution is 2.24. The summed E-state index contributed by atoms with van der Waals surface area (Å²) in [5.41, 5.74) is 0. The number of ether oxygens (including phenoxy) is 2. The zero-order valence-electron chi connectivity index (χ0n) is 8.80. The molecule has 1 aliphatic rings. The first-order valence-corrected chi connectivity index (χ1v) is 5.63. The fourth-order valence-electron chi connectivity index (χ4n) is 1.80. The topological polar surface area (TPSA) is 71.0 Å². The lowest BCUT2D eigenvalue weighted by Gasteiger charge is -2.30. The van der Waals surface area contributed by atoms with Crippen LogP contribution in [0.5, 0.6) is 0 Å². The van der Waals surface area contributed by atoms with E-state index in [4.69, 9.17) is 19.7 Å². The highest BCUT2D eigenvalue weighted by molar-refractivity contribution is 7.78. The zero-order chi connectivity index (χ0) is 11.3. The maximum Gasteiger partial charge on any atom is 0.222 e. The summed E-state index contributed by atoms with van der Waals surface area (Å²) in [7, 11) is 0. The van der Waals surface area contributed by atoms with Crippen molar-refractivity contribution in [1.29, 1.82) is 0 Å². The lowest BCUT2D eigenvalue weighted by Crippen LogP contribution is -2.34. The number of aliphatic hydroxyl groups is 2. The fraction of sp³-hybridized carbons (Fsp3) is 1.00. The molecule has 0 saturated heterocycles. The summed E-state index contributed by atoms with van der Waals surface area (Å²) in [5, 5.41) is 18.2. The van der Waals surface area contributed by atoms with E-state index in [-0.39, 0.29) is 12.2 Å². The monoisotopic (exact) mass is 237 g/mol. The maximum atomic E-state index is 9.14. The first kappa shape index (κ1) is 13.2. The van der Waals surface area contributed by atoms with Crippen LogP contribution in [0.2, 0.25) is 0 Å². The van der Waals surface area contributed by atoms with Crippen molar-refractivity contribution in [2.45, 2.75) is 57.5 Å². The molecular weight excluding hydrogens is 218 g/mol. The van der Waals surface area contributed by atoms with Crippen LogP contribution in [0.1, 0.15) is 32.6 Å². The van der Waals surface area contributed by atoms with Crippen LogP contribution >= 0.6 is 12.8 Å². The molecule has 1 rings (SSSR count). The van der Waals surface area contributed by atoms with E-state index in [9.17, 15) is 0 Å². The van der Waals surface area contributed by atoms with Gasteiger partial charge in [0.2, 0.25) is 6.41 Å². The zero-order valence-corrected chi connectivity index (χ0v) is 9.69. The summed E-state index contributed by atoms with van der Waals surface area (Å²) in [4.78, 5) is 0. The van der Waals surface area contributed by atoms with Gasteiger partial charge in [0.25, 0.3) is 0 Å². The van der Waals surface area contributed by atoms with Crippen LogP contribution in [0.25, 0.3) is 0 Å². The number of aliphatic hydroxyl groups excluding tert-OH is 2. The molecule has 1 saturated carbocycles. The highest BCUT2D eigenvalue weighted by atomic mass is 32.1. The SMILES string of the molecule is CC(O)OC1CCC(OC(O)NS)CC1. The van der Waals surface area contributed by atoms with Crippen molar-refractivity contribution in [3.63, 3.8) is 0 Å². The summed E-state index contributed by atoms with van der Waals surface area (Å²) in [6, 6.07) is 0. The van der Waals surface area contributed by atoms with E-state index in [2.05, 4.69) is 17.5 Å². The molecule has 0 aromatic carbocycles. The molecule has 3 N–H and O–H groups in total. The molecular formula is C9H19NO4S. The van der Waals surface area contributed by atoms with Crippen molar-refractivity contribution in [2.24, 2.45) is 0 Å². The Kier molecular flexibility index (Phi) is 5.88. The molecule has 0 spiro atoms. The summed E-state index contributed by atoms with van der Waals surface area (Å²) >= 11 is 3.70. The predicted molar refractivity (Wildman–Crippen MR) is 58.0 cm³/mol. The summed E-state index contributed by atoms with van der Waals surface area (Å²) < 4.78 is 12.8. The average molecular weight is 237 g/mol. The molecule has 2 unspecified atom stereocenters. The molecule has 0 aromatic rings. The van der Waals surface area contributed by atoms with Crippen molar-refractivity contribution in [3.8, 4) is 0 Å². The number of thiol groups is 1. The minimum Gasteiger partial charge on any atom is -0.368 e. The van der Waals surface area contributed by atoms with Crippen LogP contribution in [0.3, 0.4) is 0 Å². The van der Waals surface area contributed by atoms with E-state index >= 15 is 0 Å². The molecule has 2 atom stereocenters. The normalized spacial score (nSPS) is 31.2. The lowest BCUT2D eigenvalue weighted by atomic mass is 9.95. The first-order chi connectivity index (χ1) is 7.11. The average Bonchev–Trinajstić information content (AvgIpc) is 2.20. The highest BCUT2D eigenvalue weighted by Gasteiger charge is 2.24. The molecule has 0 amide bonds. The van der Waals surface area contributed by atoms with Gasteiger partial charge in [-0.25, -0.2) is 4.72 Å².